The highest BCUT2D eigenvalue weighted by Gasteiger charge is 2.43. The largest absolute Gasteiger partial charge is 0.508 e. The van der Waals surface area contributed by atoms with Gasteiger partial charge in [-0.3, -0.25) is 24.6 Å². The fraction of sp³-hybridized carbons (Fsp3) is 0.333. The van der Waals surface area contributed by atoms with Gasteiger partial charge in [0.1, 0.15) is 11.1 Å². The minimum Gasteiger partial charge on any atom is -0.508 e. The Kier molecular flexibility index (Phi) is 6.02. The van der Waals surface area contributed by atoms with Gasteiger partial charge >= 0.3 is 5.97 Å². The number of hydrogen-bond acceptors (Lipinski definition) is 6. The van der Waals surface area contributed by atoms with Crippen molar-refractivity contribution in [3.8, 4) is 5.75 Å². The summed E-state index contributed by atoms with van der Waals surface area (Å²) in [6.07, 6.45) is -0.348. The predicted molar refractivity (Wildman–Crippen MR) is 114 cm³/mol. The number of phenols is 1. The van der Waals surface area contributed by atoms with Crippen molar-refractivity contribution < 1.29 is 24.7 Å². The van der Waals surface area contributed by atoms with Gasteiger partial charge in [0.2, 0.25) is 5.91 Å². The lowest BCUT2D eigenvalue weighted by Gasteiger charge is -2.27. The van der Waals surface area contributed by atoms with Crippen molar-refractivity contribution in [1.29, 1.82) is 0 Å². The molecule has 1 heterocycles. The van der Waals surface area contributed by atoms with Crippen molar-refractivity contribution >= 4 is 35.0 Å². The standard InChI is InChI=1S/C21H22N2O6S/c1-11(2)15-9-16(12(3)7-17(15)24)22-20(27)18(10-19(25)26)30-21(22)13-5-4-6-14(8-13)23(28)29/h4-9,11,18,21,24H,10H2,1-3H3,(H,25,26). The second-order valence-corrected chi connectivity index (χ2v) is 8.78. The molecule has 1 aliphatic rings. The van der Waals surface area contributed by atoms with E-state index < -0.39 is 21.5 Å². The highest BCUT2D eigenvalue weighted by molar-refractivity contribution is 8.01. The molecule has 1 saturated heterocycles. The van der Waals surface area contributed by atoms with Crippen molar-refractivity contribution in [2.75, 3.05) is 4.90 Å². The fourth-order valence-corrected chi connectivity index (χ4v) is 4.95. The molecule has 158 valence electrons. The van der Waals surface area contributed by atoms with E-state index in [2.05, 4.69) is 0 Å². The van der Waals surface area contributed by atoms with Crippen LogP contribution in [0.5, 0.6) is 5.75 Å². The Morgan fingerprint density at radius 2 is 2.00 bits per heavy atom. The van der Waals surface area contributed by atoms with Gasteiger partial charge in [-0.25, -0.2) is 0 Å². The molecule has 2 unspecified atom stereocenters. The first kappa shape index (κ1) is 21.6. The van der Waals surface area contributed by atoms with E-state index in [-0.39, 0.29) is 29.7 Å². The number of anilines is 1. The van der Waals surface area contributed by atoms with Gasteiger partial charge < -0.3 is 10.2 Å². The third-order valence-corrected chi connectivity index (χ3v) is 6.43. The lowest BCUT2D eigenvalue weighted by Crippen LogP contribution is -2.32. The molecule has 3 rings (SSSR count). The van der Waals surface area contributed by atoms with E-state index in [0.717, 1.165) is 11.8 Å². The molecule has 8 nitrogen and oxygen atoms in total. The van der Waals surface area contributed by atoms with E-state index in [1.807, 2.05) is 13.8 Å². The lowest BCUT2D eigenvalue weighted by molar-refractivity contribution is -0.384. The van der Waals surface area contributed by atoms with Gasteiger partial charge in [-0.2, -0.15) is 0 Å². The highest BCUT2D eigenvalue weighted by Crippen LogP contribution is 2.49. The van der Waals surface area contributed by atoms with Crippen LogP contribution in [0.4, 0.5) is 11.4 Å². The van der Waals surface area contributed by atoms with E-state index >= 15 is 0 Å². The third-order valence-electron chi connectivity index (χ3n) is 4.99. The number of rotatable bonds is 6. The van der Waals surface area contributed by atoms with E-state index in [1.165, 1.54) is 17.0 Å². The number of nitro groups is 1. The monoisotopic (exact) mass is 430 g/mol. The zero-order valence-corrected chi connectivity index (χ0v) is 17.5. The number of aliphatic carboxylic acids is 1. The van der Waals surface area contributed by atoms with Crippen LogP contribution in [0.1, 0.15) is 48.3 Å². The Morgan fingerprint density at radius 3 is 2.60 bits per heavy atom. The van der Waals surface area contributed by atoms with Gasteiger partial charge in [-0.1, -0.05) is 26.0 Å². The van der Waals surface area contributed by atoms with Gasteiger partial charge in [0.25, 0.3) is 5.69 Å². The van der Waals surface area contributed by atoms with Crippen LogP contribution in [-0.2, 0) is 9.59 Å². The van der Waals surface area contributed by atoms with Crippen molar-refractivity contribution in [3.63, 3.8) is 0 Å². The summed E-state index contributed by atoms with van der Waals surface area (Å²) >= 11 is 1.16. The van der Waals surface area contributed by atoms with Crippen LogP contribution in [0.3, 0.4) is 0 Å². The fourth-order valence-electron chi connectivity index (χ4n) is 3.52. The summed E-state index contributed by atoms with van der Waals surface area (Å²) in [7, 11) is 0. The summed E-state index contributed by atoms with van der Waals surface area (Å²) in [5, 5.41) is 29.3. The van der Waals surface area contributed by atoms with Crippen molar-refractivity contribution in [3.05, 3.63) is 63.2 Å². The Bertz CT molecular complexity index is 1020. The Morgan fingerprint density at radius 1 is 1.30 bits per heavy atom. The molecule has 0 saturated carbocycles. The quantitative estimate of drug-likeness (QED) is 0.516. The van der Waals surface area contributed by atoms with Gasteiger partial charge in [0, 0.05) is 17.8 Å². The lowest BCUT2D eigenvalue weighted by atomic mass is 9.98. The number of benzene rings is 2. The molecule has 0 aliphatic carbocycles. The van der Waals surface area contributed by atoms with Crippen LogP contribution >= 0.6 is 11.8 Å². The van der Waals surface area contributed by atoms with Crippen molar-refractivity contribution in [2.45, 2.75) is 43.7 Å². The number of amides is 1. The second kappa shape index (κ2) is 8.35. The van der Waals surface area contributed by atoms with Gasteiger partial charge in [0.05, 0.1) is 16.6 Å². The maximum Gasteiger partial charge on any atom is 0.305 e. The van der Waals surface area contributed by atoms with E-state index in [4.69, 9.17) is 0 Å². The summed E-state index contributed by atoms with van der Waals surface area (Å²) < 4.78 is 0. The van der Waals surface area contributed by atoms with E-state index in [1.54, 1.807) is 31.2 Å². The molecule has 1 aliphatic heterocycles. The van der Waals surface area contributed by atoms with Gasteiger partial charge in [-0.05, 0) is 41.7 Å². The molecule has 0 radical (unpaired) electrons. The average Bonchev–Trinajstić information content (AvgIpc) is 2.97. The molecule has 9 heteroatoms. The highest BCUT2D eigenvalue weighted by atomic mass is 32.2. The minimum absolute atomic E-state index is 0.000729. The summed E-state index contributed by atoms with van der Waals surface area (Å²) in [4.78, 5) is 36.7. The molecule has 2 aromatic carbocycles. The number of phenolic OH excluding ortho intramolecular Hbond substituents is 1. The number of thioether (sulfide) groups is 1. The maximum absolute atomic E-state index is 13.2. The van der Waals surface area contributed by atoms with E-state index in [0.29, 0.717) is 22.4 Å². The molecule has 2 atom stereocenters. The summed E-state index contributed by atoms with van der Waals surface area (Å²) in [6, 6.07) is 9.32. The average molecular weight is 430 g/mol. The Labute approximate surface area is 177 Å². The number of carboxylic acid groups (broad SMARTS) is 1. The van der Waals surface area contributed by atoms with Crippen LogP contribution in [0.15, 0.2) is 36.4 Å². The number of hydrogen-bond donors (Lipinski definition) is 2. The third kappa shape index (κ3) is 4.11. The predicted octanol–water partition coefficient (Wildman–Crippen LogP) is 4.35. The number of carbonyl (C=O) groups is 2. The van der Waals surface area contributed by atoms with Gasteiger partial charge in [0.15, 0.2) is 0 Å². The zero-order chi connectivity index (χ0) is 22.2. The number of carbonyl (C=O) groups excluding carboxylic acids is 1. The number of carboxylic acids is 1. The molecule has 30 heavy (non-hydrogen) atoms. The Balaban J connectivity index is 2.14. The topological polar surface area (TPSA) is 121 Å². The SMILES string of the molecule is Cc1cc(O)c(C(C)C)cc1N1C(=O)C(CC(=O)O)SC1c1cccc([N+](=O)[O-])c1. The molecule has 1 amide bonds. The molecule has 2 aromatic rings. The molecule has 0 bridgehead atoms. The number of aryl methyl sites for hydroxylation is 1. The first-order chi connectivity index (χ1) is 14.1. The number of nitrogens with zero attached hydrogens (tertiary/aromatic N) is 2. The summed E-state index contributed by atoms with van der Waals surface area (Å²) in [5.41, 5.74) is 2.30. The number of aromatic hydroxyl groups is 1. The smallest absolute Gasteiger partial charge is 0.305 e. The van der Waals surface area contributed by atoms with Crippen LogP contribution < -0.4 is 4.90 Å². The van der Waals surface area contributed by atoms with Gasteiger partial charge in [-0.15, -0.1) is 11.8 Å². The van der Waals surface area contributed by atoms with Crippen LogP contribution in [0.2, 0.25) is 0 Å². The summed E-state index contributed by atoms with van der Waals surface area (Å²) in [5.74, 6) is -1.34. The molecule has 1 fully saturated rings. The Hall–Kier alpha value is -3.07. The maximum atomic E-state index is 13.2. The molecule has 0 aromatic heterocycles. The van der Waals surface area contributed by atoms with E-state index in [9.17, 15) is 29.9 Å². The van der Waals surface area contributed by atoms with Crippen molar-refractivity contribution in [2.24, 2.45) is 0 Å². The normalized spacial score (nSPS) is 18.8. The first-order valence-electron chi connectivity index (χ1n) is 9.38. The number of non-ortho nitro benzene ring substituents is 1. The van der Waals surface area contributed by atoms with Crippen LogP contribution in [0, 0.1) is 17.0 Å². The molecule has 2 N–H and O–H groups in total. The molecular formula is C21H22N2O6S. The zero-order valence-electron chi connectivity index (χ0n) is 16.7. The minimum atomic E-state index is -1.09. The molecule has 0 spiro atoms. The second-order valence-electron chi connectivity index (χ2n) is 7.49. The summed E-state index contributed by atoms with van der Waals surface area (Å²) in [6.45, 7) is 5.59. The van der Waals surface area contributed by atoms with Crippen molar-refractivity contribution in [1.82, 2.24) is 0 Å². The van der Waals surface area contributed by atoms with Crippen LogP contribution in [0.25, 0.3) is 0 Å². The molecular weight excluding hydrogens is 408 g/mol. The number of nitro benzene ring substituents is 1. The van der Waals surface area contributed by atoms with Crippen LogP contribution in [-0.4, -0.2) is 32.3 Å². The first-order valence-corrected chi connectivity index (χ1v) is 10.3.